The first-order chi connectivity index (χ1) is 18.2. The minimum absolute atomic E-state index is 0.0512. The number of carbonyl (C=O) groups excluding carboxylic acids is 1. The van der Waals surface area contributed by atoms with Gasteiger partial charge in [-0.1, -0.05) is 53.6 Å². The van der Waals surface area contributed by atoms with Gasteiger partial charge >= 0.3 is 0 Å². The van der Waals surface area contributed by atoms with Gasteiger partial charge in [0.25, 0.3) is 10.0 Å². The number of amides is 1. The van der Waals surface area contributed by atoms with E-state index in [2.05, 4.69) is 5.32 Å². The van der Waals surface area contributed by atoms with Crippen molar-refractivity contribution in [2.75, 3.05) is 23.3 Å². The second-order valence-corrected chi connectivity index (χ2v) is 10.9. The molecule has 196 valence electrons. The van der Waals surface area contributed by atoms with Crippen molar-refractivity contribution in [3.05, 3.63) is 107 Å². The van der Waals surface area contributed by atoms with Gasteiger partial charge < -0.3 is 14.8 Å². The van der Waals surface area contributed by atoms with Crippen LogP contribution in [0.5, 0.6) is 17.2 Å². The maximum Gasteiger partial charge on any atom is 0.264 e. The van der Waals surface area contributed by atoms with Crippen LogP contribution in [0.1, 0.15) is 11.1 Å². The molecule has 0 heterocycles. The zero-order chi connectivity index (χ0) is 27.3. The number of benzene rings is 4. The Kier molecular flexibility index (Phi) is 8.24. The number of ether oxygens (including phenoxy) is 2. The lowest BCUT2D eigenvalue weighted by atomic mass is 10.2. The molecule has 0 aromatic heterocycles. The fraction of sp³-hybridized carbons (Fsp3) is 0.138. The number of aryl methyl sites for hydroxylation is 2. The molecular weight excluding hydrogens is 524 g/mol. The van der Waals surface area contributed by atoms with Crippen molar-refractivity contribution in [2.45, 2.75) is 18.7 Å². The van der Waals surface area contributed by atoms with E-state index in [1.54, 1.807) is 60.7 Å². The zero-order valence-corrected chi connectivity index (χ0v) is 22.7. The van der Waals surface area contributed by atoms with Gasteiger partial charge in [0.05, 0.1) is 23.4 Å². The van der Waals surface area contributed by atoms with Crippen LogP contribution in [0, 0.1) is 13.8 Å². The van der Waals surface area contributed by atoms with Crippen molar-refractivity contribution >= 4 is 38.9 Å². The van der Waals surface area contributed by atoms with Crippen LogP contribution in [-0.2, 0) is 14.8 Å². The molecule has 0 radical (unpaired) electrons. The number of halogens is 1. The number of para-hydroxylation sites is 1. The Morgan fingerprint density at radius 3 is 2.21 bits per heavy atom. The number of hydrogen-bond acceptors (Lipinski definition) is 5. The smallest absolute Gasteiger partial charge is 0.264 e. The molecule has 7 nitrogen and oxygen atoms in total. The minimum atomic E-state index is -4.14. The number of sulfonamides is 1. The summed E-state index contributed by atoms with van der Waals surface area (Å²) in [7, 11) is -2.69. The number of anilines is 2. The highest BCUT2D eigenvalue weighted by atomic mass is 35.5. The van der Waals surface area contributed by atoms with E-state index in [0.29, 0.717) is 28.0 Å². The molecular formula is C29H27ClN2O5S. The Labute approximate surface area is 227 Å². The van der Waals surface area contributed by atoms with Gasteiger partial charge in [0, 0.05) is 5.02 Å². The summed E-state index contributed by atoms with van der Waals surface area (Å²) in [5.41, 5.74) is 2.26. The van der Waals surface area contributed by atoms with Crippen LogP contribution in [-0.4, -0.2) is 28.0 Å². The highest BCUT2D eigenvalue weighted by Crippen LogP contribution is 2.35. The van der Waals surface area contributed by atoms with Crippen molar-refractivity contribution in [1.29, 1.82) is 0 Å². The molecule has 0 aliphatic rings. The predicted octanol–water partition coefficient (Wildman–Crippen LogP) is 6.59. The number of methoxy groups -OCH3 is 1. The lowest BCUT2D eigenvalue weighted by Crippen LogP contribution is -2.38. The van der Waals surface area contributed by atoms with E-state index in [9.17, 15) is 13.2 Å². The average molecular weight is 551 g/mol. The Morgan fingerprint density at radius 2 is 1.53 bits per heavy atom. The normalized spacial score (nSPS) is 11.1. The van der Waals surface area contributed by atoms with E-state index in [0.717, 1.165) is 15.4 Å². The SMILES string of the molecule is COc1ccc(C)cc1N(CC(=O)Nc1cc(Cl)ccc1Oc1ccccc1)S(=O)(=O)c1ccc(C)cc1. The molecule has 0 saturated heterocycles. The van der Waals surface area contributed by atoms with E-state index in [1.807, 2.05) is 32.0 Å². The van der Waals surface area contributed by atoms with E-state index >= 15 is 0 Å². The summed E-state index contributed by atoms with van der Waals surface area (Å²) in [6, 6.07) is 25.5. The van der Waals surface area contributed by atoms with Gasteiger partial charge in [0.1, 0.15) is 18.0 Å². The first-order valence-corrected chi connectivity index (χ1v) is 13.6. The summed E-state index contributed by atoms with van der Waals surface area (Å²) in [5.74, 6) is 0.646. The van der Waals surface area contributed by atoms with Crippen LogP contribution in [0.3, 0.4) is 0 Å². The molecule has 0 bridgehead atoms. The zero-order valence-electron chi connectivity index (χ0n) is 21.1. The van der Waals surface area contributed by atoms with Gasteiger partial charge in [-0.15, -0.1) is 0 Å². The van der Waals surface area contributed by atoms with Crippen LogP contribution in [0.15, 0.2) is 95.9 Å². The Morgan fingerprint density at radius 1 is 0.868 bits per heavy atom. The van der Waals surface area contributed by atoms with Crippen molar-refractivity contribution in [3.63, 3.8) is 0 Å². The Hall–Kier alpha value is -4.01. The highest BCUT2D eigenvalue weighted by Gasteiger charge is 2.30. The van der Waals surface area contributed by atoms with E-state index in [-0.39, 0.29) is 10.6 Å². The molecule has 0 spiro atoms. The molecule has 0 unspecified atom stereocenters. The van der Waals surface area contributed by atoms with Crippen LogP contribution in [0.25, 0.3) is 0 Å². The fourth-order valence-corrected chi connectivity index (χ4v) is 5.35. The summed E-state index contributed by atoms with van der Waals surface area (Å²) in [6.07, 6.45) is 0. The average Bonchev–Trinajstić information content (AvgIpc) is 2.89. The van der Waals surface area contributed by atoms with Crippen molar-refractivity contribution in [2.24, 2.45) is 0 Å². The van der Waals surface area contributed by atoms with E-state index in [1.165, 1.54) is 19.2 Å². The Bertz CT molecular complexity index is 1540. The molecule has 38 heavy (non-hydrogen) atoms. The molecule has 4 aromatic carbocycles. The van der Waals surface area contributed by atoms with Crippen molar-refractivity contribution < 1.29 is 22.7 Å². The Balaban J connectivity index is 1.70. The topological polar surface area (TPSA) is 84.9 Å². The maximum absolute atomic E-state index is 13.8. The molecule has 1 N–H and O–H groups in total. The quantitative estimate of drug-likeness (QED) is 0.254. The van der Waals surface area contributed by atoms with Gasteiger partial charge in [-0.2, -0.15) is 0 Å². The first kappa shape index (κ1) is 27.0. The molecule has 0 aliphatic heterocycles. The number of hydrogen-bond donors (Lipinski definition) is 1. The van der Waals surface area contributed by atoms with E-state index in [4.69, 9.17) is 21.1 Å². The van der Waals surface area contributed by atoms with E-state index < -0.39 is 22.5 Å². The molecule has 4 aromatic rings. The number of carbonyl (C=O) groups is 1. The predicted molar refractivity (Wildman–Crippen MR) is 150 cm³/mol. The van der Waals surface area contributed by atoms with Gasteiger partial charge in [0.2, 0.25) is 5.91 Å². The van der Waals surface area contributed by atoms with Crippen molar-refractivity contribution in [3.8, 4) is 17.2 Å². The summed E-state index contributed by atoms with van der Waals surface area (Å²) >= 11 is 6.20. The highest BCUT2D eigenvalue weighted by molar-refractivity contribution is 7.92. The second-order valence-electron chi connectivity index (χ2n) is 8.60. The largest absolute Gasteiger partial charge is 0.495 e. The van der Waals surface area contributed by atoms with Gasteiger partial charge in [-0.05, 0) is 74.0 Å². The van der Waals surface area contributed by atoms with Crippen LogP contribution in [0.2, 0.25) is 5.02 Å². The van der Waals surface area contributed by atoms with Crippen LogP contribution >= 0.6 is 11.6 Å². The number of rotatable bonds is 9. The van der Waals surface area contributed by atoms with Crippen LogP contribution < -0.4 is 19.1 Å². The second kappa shape index (κ2) is 11.6. The van der Waals surface area contributed by atoms with Crippen LogP contribution in [0.4, 0.5) is 11.4 Å². The first-order valence-electron chi connectivity index (χ1n) is 11.7. The maximum atomic E-state index is 13.8. The lowest BCUT2D eigenvalue weighted by Gasteiger charge is -2.26. The molecule has 0 saturated carbocycles. The van der Waals surface area contributed by atoms with Gasteiger partial charge in [-0.3, -0.25) is 9.10 Å². The molecule has 0 aliphatic carbocycles. The third-order valence-corrected chi connectivity index (χ3v) is 7.70. The standard InChI is InChI=1S/C29H27ClN2O5S/c1-20-9-13-24(14-10-20)38(34,35)32(26-17-21(2)11-15-28(26)36-3)19-29(33)31-25-18-22(30)12-16-27(25)37-23-7-5-4-6-8-23/h4-18H,19H2,1-3H3,(H,31,33). The molecule has 0 fully saturated rings. The third-order valence-electron chi connectivity index (χ3n) is 5.69. The molecule has 9 heteroatoms. The molecule has 4 rings (SSSR count). The molecule has 1 amide bonds. The van der Waals surface area contributed by atoms with Crippen molar-refractivity contribution in [1.82, 2.24) is 0 Å². The fourth-order valence-electron chi connectivity index (χ4n) is 3.76. The third kappa shape index (κ3) is 6.27. The van der Waals surface area contributed by atoms with Gasteiger partial charge in [0.15, 0.2) is 5.75 Å². The monoisotopic (exact) mass is 550 g/mol. The summed E-state index contributed by atoms with van der Waals surface area (Å²) in [5, 5.41) is 3.14. The molecule has 0 atom stereocenters. The van der Waals surface area contributed by atoms with Gasteiger partial charge in [-0.25, -0.2) is 8.42 Å². The number of nitrogens with one attached hydrogen (secondary N) is 1. The summed E-state index contributed by atoms with van der Waals surface area (Å²) in [6.45, 7) is 3.18. The summed E-state index contributed by atoms with van der Waals surface area (Å²) < 4.78 is 40.1. The summed E-state index contributed by atoms with van der Waals surface area (Å²) in [4.78, 5) is 13.4. The number of nitrogens with zero attached hydrogens (tertiary/aromatic N) is 1. The lowest BCUT2D eigenvalue weighted by molar-refractivity contribution is -0.114. The minimum Gasteiger partial charge on any atom is -0.495 e.